The van der Waals surface area contributed by atoms with Crippen molar-refractivity contribution < 1.29 is 9.59 Å². The van der Waals surface area contributed by atoms with E-state index in [4.69, 9.17) is 0 Å². The molecule has 6 nitrogen and oxygen atoms in total. The van der Waals surface area contributed by atoms with Crippen LogP contribution in [0, 0.1) is 5.92 Å². The van der Waals surface area contributed by atoms with E-state index in [0.29, 0.717) is 17.2 Å². The van der Waals surface area contributed by atoms with E-state index in [0.717, 1.165) is 26.1 Å². The van der Waals surface area contributed by atoms with Crippen LogP contribution < -0.4 is 16.0 Å². The van der Waals surface area contributed by atoms with Gasteiger partial charge in [-0.3, -0.25) is 4.79 Å². The first-order chi connectivity index (χ1) is 11.1. The molecule has 0 spiro atoms. The summed E-state index contributed by atoms with van der Waals surface area (Å²) in [5.41, 5.74) is 1.34. The van der Waals surface area contributed by atoms with Crippen molar-refractivity contribution in [3.8, 4) is 0 Å². The van der Waals surface area contributed by atoms with Crippen LogP contribution in [-0.2, 0) is 0 Å². The maximum Gasteiger partial charge on any atom is 0.319 e. The summed E-state index contributed by atoms with van der Waals surface area (Å²) in [6.45, 7) is 2.55. The van der Waals surface area contributed by atoms with Gasteiger partial charge < -0.3 is 20.9 Å². The molecule has 1 aromatic carbocycles. The zero-order valence-electron chi connectivity index (χ0n) is 13.5. The molecule has 1 unspecified atom stereocenters. The number of urea groups is 1. The number of carbonyl (C=O) groups excluding carboxylic acids is 2. The van der Waals surface area contributed by atoms with Gasteiger partial charge in [0.05, 0.1) is 0 Å². The molecule has 3 amide bonds. The molecule has 1 saturated carbocycles. The van der Waals surface area contributed by atoms with Crippen LogP contribution in [0.4, 0.5) is 10.5 Å². The largest absolute Gasteiger partial charge is 0.338 e. The fourth-order valence-electron chi connectivity index (χ4n) is 2.77. The van der Waals surface area contributed by atoms with Gasteiger partial charge in [0.2, 0.25) is 0 Å². The zero-order chi connectivity index (χ0) is 16.2. The molecule has 2 fully saturated rings. The lowest BCUT2D eigenvalue weighted by Crippen LogP contribution is -2.38. The molecule has 1 heterocycles. The van der Waals surface area contributed by atoms with Gasteiger partial charge in [-0.2, -0.15) is 0 Å². The lowest BCUT2D eigenvalue weighted by molar-refractivity contribution is 0.0744. The minimum Gasteiger partial charge on any atom is -0.338 e. The van der Waals surface area contributed by atoms with Gasteiger partial charge in [0.25, 0.3) is 5.91 Å². The molecule has 0 aromatic heterocycles. The summed E-state index contributed by atoms with van der Waals surface area (Å²) in [4.78, 5) is 26.0. The summed E-state index contributed by atoms with van der Waals surface area (Å²) in [5, 5.41) is 8.91. The normalized spacial score (nSPS) is 20.1. The molecule has 3 N–H and O–H groups in total. The molecular weight excluding hydrogens is 292 g/mol. The second kappa shape index (κ2) is 7.00. The fraction of sp³-hybridized carbons (Fsp3) is 0.529. The first-order valence-corrected chi connectivity index (χ1v) is 8.26. The van der Waals surface area contributed by atoms with Gasteiger partial charge in [-0.05, 0) is 56.0 Å². The van der Waals surface area contributed by atoms with Crippen LogP contribution >= 0.6 is 0 Å². The molecule has 6 heteroatoms. The average Bonchev–Trinajstić information content (AvgIpc) is 3.24. The molecule has 1 atom stereocenters. The van der Waals surface area contributed by atoms with Crippen molar-refractivity contribution in [2.75, 3.05) is 32.0 Å². The fourth-order valence-corrected chi connectivity index (χ4v) is 2.77. The lowest BCUT2D eigenvalue weighted by Gasteiger charge is -2.23. The van der Waals surface area contributed by atoms with Crippen LogP contribution in [0.1, 0.15) is 29.6 Å². The van der Waals surface area contributed by atoms with E-state index < -0.39 is 0 Å². The SMILES string of the molecule is CN(C(=O)c1ccc(NC(=O)NCC2CC2)cc1)C1CCNC1. The predicted octanol–water partition coefficient (Wildman–Crippen LogP) is 1.65. The summed E-state index contributed by atoms with van der Waals surface area (Å²) in [7, 11) is 1.84. The third kappa shape index (κ3) is 4.22. The Balaban J connectivity index is 1.53. The third-order valence-corrected chi connectivity index (χ3v) is 4.54. The minimum absolute atomic E-state index is 0.0171. The number of hydrogen-bond donors (Lipinski definition) is 3. The summed E-state index contributed by atoms with van der Waals surface area (Å²) in [6.07, 6.45) is 3.41. The Hall–Kier alpha value is -2.08. The Morgan fingerprint density at radius 1 is 1.22 bits per heavy atom. The molecule has 2 aliphatic rings. The molecule has 1 aliphatic carbocycles. The van der Waals surface area contributed by atoms with E-state index in [2.05, 4.69) is 16.0 Å². The molecule has 1 aromatic rings. The van der Waals surface area contributed by atoms with Gasteiger partial charge in [-0.25, -0.2) is 4.79 Å². The Labute approximate surface area is 136 Å². The molecule has 23 heavy (non-hydrogen) atoms. The van der Waals surface area contributed by atoms with E-state index in [1.165, 1.54) is 12.8 Å². The highest BCUT2D eigenvalue weighted by Gasteiger charge is 2.24. The molecule has 0 bridgehead atoms. The highest BCUT2D eigenvalue weighted by Crippen LogP contribution is 2.27. The van der Waals surface area contributed by atoms with Crippen LogP contribution in [0.15, 0.2) is 24.3 Å². The molecular formula is C17H24N4O2. The van der Waals surface area contributed by atoms with E-state index in [1.807, 2.05) is 7.05 Å². The lowest BCUT2D eigenvalue weighted by atomic mass is 10.1. The number of anilines is 1. The Morgan fingerprint density at radius 2 is 1.96 bits per heavy atom. The monoisotopic (exact) mass is 316 g/mol. The number of carbonyl (C=O) groups is 2. The maximum absolute atomic E-state index is 12.4. The topological polar surface area (TPSA) is 73.5 Å². The van der Waals surface area contributed by atoms with Crippen LogP contribution in [0.3, 0.4) is 0 Å². The standard InChI is InChI=1S/C17H24N4O2/c1-21(15-8-9-18-11-15)16(22)13-4-6-14(7-5-13)20-17(23)19-10-12-2-3-12/h4-7,12,15,18H,2-3,8-11H2,1H3,(H2,19,20,23). The van der Waals surface area contributed by atoms with Crippen molar-refractivity contribution in [2.24, 2.45) is 5.92 Å². The molecule has 0 radical (unpaired) electrons. The zero-order valence-corrected chi connectivity index (χ0v) is 13.5. The van der Waals surface area contributed by atoms with Crippen LogP contribution in [0.5, 0.6) is 0 Å². The second-order valence-corrected chi connectivity index (χ2v) is 6.42. The van der Waals surface area contributed by atoms with E-state index in [9.17, 15) is 9.59 Å². The molecule has 1 aliphatic heterocycles. The minimum atomic E-state index is -0.190. The number of rotatable bonds is 5. The van der Waals surface area contributed by atoms with E-state index >= 15 is 0 Å². The molecule has 124 valence electrons. The van der Waals surface area contributed by atoms with Crippen molar-refractivity contribution in [3.05, 3.63) is 29.8 Å². The molecule has 3 rings (SSSR count). The average molecular weight is 316 g/mol. The van der Waals surface area contributed by atoms with Gasteiger partial charge in [0, 0.05) is 37.4 Å². The highest BCUT2D eigenvalue weighted by atomic mass is 16.2. The second-order valence-electron chi connectivity index (χ2n) is 6.42. The number of likely N-dealkylation sites (N-methyl/N-ethyl adjacent to an activating group) is 1. The third-order valence-electron chi connectivity index (χ3n) is 4.54. The maximum atomic E-state index is 12.4. The summed E-state index contributed by atoms with van der Waals surface area (Å²) >= 11 is 0. The summed E-state index contributed by atoms with van der Waals surface area (Å²) in [6, 6.07) is 7.13. The highest BCUT2D eigenvalue weighted by molar-refractivity contribution is 5.95. The van der Waals surface area contributed by atoms with Crippen LogP contribution in [-0.4, -0.2) is 49.6 Å². The summed E-state index contributed by atoms with van der Waals surface area (Å²) in [5.74, 6) is 0.671. The Bertz CT molecular complexity index is 562. The van der Waals surface area contributed by atoms with Gasteiger partial charge in [0.15, 0.2) is 0 Å². The van der Waals surface area contributed by atoms with Crippen molar-refractivity contribution in [1.82, 2.24) is 15.5 Å². The van der Waals surface area contributed by atoms with E-state index in [-0.39, 0.29) is 18.0 Å². The summed E-state index contributed by atoms with van der Waals surface area (Å²) < 4.78 is 0. The van der Waals surface area contributed by atoms with Crippen molar-refractivity contribution >= 4 is 17.6 Å². The van der Waals surface area contributed by atoms with Gasteiger partial charge in [-0.15, -0.1) is 0 Å². The van der Waals surface area contributed by atoms with Crippen molar-refractivity contribution in [2.45, 2.75) is 25.3 Å². The van der Waals surface area contributed by atoms with Gasteiger partial charge >= 0.3 is 6.03 Å². The first kappa shape index (κ1) is 15.8. The Kier molecular flexibility index (Phi) is 4.81. The van der Waals surface area contributed by atoms with Crippen molar-refractivity contribution in [3.63, 3.8) is 0 Å². The molecule has 1 saturated heterocycles. The quantitative estimate of drug-likeness (QED) is 0.773. The predicted molar refractivity (Wildman–Crippen MR) is 89.6 cm³/mol. The van der Waals surface area contributed by atoms with Crippen LogP contribution in [0.2, 0.25) is 0 Å². The first-order valence-electron chi connectivity index (χ1n) is 8.26. The number of benzene rings is 1. The smallest absolute Gasteiger partial charge is 0.319 e. The Morgan fingerprint density at radius 3 is 2.57 bits per heavy atom. The number of hydrogen-bond acceptors (Lipinski definition) is 3. The van der Waals surface area contributed by atoms with Crippen molar-refractivity contribution in [1.29, 1.82) is 0 Å². The number of nitrogens with zero attached hydrogens (tertiary/aromatic N) is 1. The van der Waals surface area contributed by atoms with E-state index in [1.54, 1.807) is 29.2 Å². The van der Waals surface area contributed by atoms with Gasteiger partial charge in [-0.1, -0.05) is 0 Å². The van der Waals surface area contributed by atoms with Crippen LogP contribution in [0.25, 0.3) is 0 Å². The van der Waals surface area contributed by atoms with Gasteiger partial charge in [0.1, 0.15) is 0 Å². The number of amides is 3. The number of nitrogens with one attached hydrogen (secondary N) is 3.